The summed E-state index contributed by atoms with van der Waals surface area (Å²) in [5.74, 6) is 0.323. The number of H-pyrrole nitrogens is 1. The molecule has 1 aliphatic rings. The molecule has 1 aromatic rings. The number of aromatic nitrogens is 2. The molecule has 1 aromatic heterocycles. The molecule has 7 nitrogen and oxygen atoms in total. The van der Waals surface area contributed by atoms with Crippen LogP contribution in [-0.2, 0) is 14.8 Å². The molecule has 0 aromatic carbocycles. The smallest absolute Gasteiger partial charge is 0.228 e. The molecular weight excluding hydrogens is 256 g/mol. The predicted octanol–water partition coefficient (Wildman–Crippen LogP) is 0.0198. The van der Waals surface area contributed by atoms with Crippen molar-refractivity contribution in [3.05, 3.63) is 12.3 Å². The van der Waals surface area contributed by atoms with E-state index in [9.17, 15) is 13.2 Å². The van der Waals surface area contributed by atoms with E-state index < -0.39 is 10.0 Å². The maximum Gasteiger partial charge on any atom is 0.228 e. The van der Waals surface area contributed by atoms with Gasteiger partial charge in [0.15, 0.2) is 0 Å². The van der Waals surface area contributed by atoms with Crippen molar-refractivity contribution < 1.29 is 13.2 Å². The number of hydrogen-bond acceptors (Lipinski definition) is 4. The predicted molar refractivity (Wildman–Crippen MR) is 66.4 cm³/mol. The number of nitrogens with zero attached hydrogens (tertiary/aromatic N) is 2. The number of carbonyl (C=O) groups excluding carboxylic acids is 1. The fourth-order valence-corrected chi connectivity index (χ4v) is 2.88. The minimum atomic E-state index is -3.14. The van der Waals surface area contributed by atoms with Crippen LogP contribution in [0.1, 0.15) is 12.8 Å². The molecule has 8 heteroatoms. The second-order valence-corrected chi connectivity index (χ2v) is 6.38. The summed E-state index contributed by atoms with van der Waals surface area (Å²) in [5.41, 5.74) is 0. The average Bonchev–Trinajstić information content (AvgIpc) is 2.81. The number of carbonyl (C=O) groups is 1. The second kappa shape index (κ2) is 5.07. The van der Waals surface area contributed by atoms with Crippen LogP contribution < -0.4 is 5.32 Å². The number of nitrogens with one attached hydrogen (secondary N) is 2. The maximum absolute atomic E-state index is 11.9. The van der Waals surface area contributed by atoms with Crippen molar-refractivity contribution in [3.63, 3.8) is 0 Å². The van der Waals surface area contributed by atoms with Crippen LogP contribution in [0.25, 0.3) is 0 Å². The van der Waals surface area contributed by atoms with E-state index in [1.165, 1.54) is 10.6 Å². The third kappa shape index (κ3) is 3.08. The van der Waals surface area contributed by atoms with Crippen LogP contribution >= 0.6 is 0 Å². The first-order valence-corrected chi connectivity index (χ1v) is 7.57. The van der Waals surface area contributed by atoms with Crippen molar-refractivity contribution in [2.45, 2.75) is 12.8 Å². The first kappa shape index (κ1) is 13.0. The van der Waals surface area contributed by atoms with E-state index in [1.54, 1.807) is 12.3 Å². The van der Waals surface area contributed by atoms with Gasteiger partial charge in [0.05, 0.1) is 12.5 Å². The highest BCUT2D eigenvalue weighted by molar-refractivity contribution is 7.88. The molecule has 1 fully saturated rings. The SMILES string of the molecule is CS(=O)(=O)N1CCC(C(=O)Nc2ccn[nH]2)CC1. The van der Waals surface area contributed by atoms with Gasteiger partial charge in [-0.1, -0.05) is 0 Å². The standard InChI is InChI=1S/C10H16N4O3S/c1-18(16,17)14-6-3-8(4-7-14)10(15)12-9-2-5-11-13-9/h2,5,8H,3-4,6-7H2,1H3,(H2,11,12,13,15). The average molecular weight is 272 g/mol. The van der Waals surface area contributed by atoms with Crippen molar-refractivity contribution >= 4 is 21.7 Å². The minimum absolute atomic E-state index is 0.0904. The Kier molecular flexibility index (Phi) is 3.67. The summed E-state index contributed by atoms with van der Waals surface area (Å²) in [6.07, 6.45) is 3.85. The number of amides is 1. The summed E-state index contributed by atoms with van der Waals surface area (Å²) in [5, 5.41) is 9.11. The van der Waals surface area contributed by atoms with Gasteiger partial charge in [-0.15, -0.1) is 0 Å². The normalized spacial score (nSPS) is 18.7. The zero-order valence-electron chi connectivity index (χ0n) is 10.1. The molecule has 0 bridgehead atoms. The fraction of sp³-hybridized carbons (Fsp3) is 0.600. The van der Waals surface area contributed by atoms with E-state index in [0.29, 0.717) is 31.7 Å². The van der Waals surface area contributed by atoms with E-state index in [0.717, 1.165) is 0 Å². The molecule has 2 N–H and O–H groups in total. The lowest BCUT2D eigenvalue weighted by Crippen LogP contribution is -2.40. The highest BCUT2D eigenvalue weighted by Crippen LogP contribution is 2.20. The van der Waals surface area contributed by atoms with Crippen LogP contribution in [0, 0.1) is 5.92 Å². The monoisotopic (exact) mass is 272 g/mol. The van der Waals surface area contributed by atoms with Gasteiger partial charge in [0, 0.05) is 25.1 Å². The molecule has 100 valence electrons. The number of anilines is 1. The molecule has 1 saturated heterocycles. The number of rotatable bonds is 3. The molecule has 0 saturated carbocycles. The van der Waals surface area contributed by atoms with Gasteiger partial charge in [-0.25, -0.2) is 12.7 Å². The number of piperidine rings is 1. The Balaban J connectivity index is 1.88. The van der Waals surface area contributed by atoms with Crippen molar-refractivity contribution in [2.24, 2.45) is 5.92 Å². The molecular formula is C10H16N4O3S. The van der Waals surface area contributed by atoms with E-state index in [2.05, 4.69) is 15.5 Å². The van der Waals surface area contributed by atoms with Crippen LogP contribution in [0.2, 0.25) is 0 Å². The zero-order chi connectivity index (χ0) is 13.2. The minimum Gasteiger partial charge on any atom is -0.311 e. The Morgan fingerprint density at radius 3 is 2.67 bits per heavy atom. The van der Waals surface area contributed by atoms with E-state index in [-0.39, 0.29) is 11.8 Å². The molecule has 2 rings (SSSR count). The number of sulfonamides is 1. The van der Waals surface area contributed by atoms with Crippen molar-refractivity contribution in [3.8, 4) is 0 Å². The van der Waals surface area contributed by atoms with Crippen LogP contribution in [0.15, 0.2) is 12.3 Å². The van der Waals surface area contributed by atoms with Crippen molar-refractivity contribution in [2.75, 3.05) is 24.7 Å². The second-order valence-electron chi connectivity index (χ2n) is 4.40. The molecule has 2 heterocycles. The summed E-state index contributed by atoms with van der Waals surface area (Å²) in [7, 11) is -3.14. The molecule has 1 aliphatic heterocycles. The summed E-state index contributed by atoms with van der Waals surface area (Å²) < 4.78 is 24.1. The first-order chi connectivity index (χ1) is 8.47. The molecule has 0 aliphatic carbocycles. The Hall–Kier alpha value is -1.41. The number of hydrogen-bond donors (Lipinski definition) is 2. The fourth-order valence-electron chi connectivity index (χ4n) is 2.01. The summed E-state index contributed by atoms with van der Waals surface area (Å²) >= 11 is 0. The van der Waals surface area contributed by atoms with E-state index in [1.807, 2.05) is 0 Å². The van der Waals surface area contributed by atoms with Gasteiger partial charge in [-0.3, -0.25) is 9.89 Å². The molecule has 0 atom stereocenters. The van der Waals surface area contributed by atoms with Crippen LogP contribution in [0.3, 0.4) is 0 Å². The topological polar surface area (TPSA) is 95.2 Å². The molecule has 0 unspecified atom stereocenters. The van der Waals surface area contributed by atoms with Gasteiger partial charge in [-0.05, 0) is 12.8 Å². The largest absolute Gasteiger partial charge is 0.311 e. The van der Waals surface area contributed by atoms with Crippen molar-refractivity contribution in [1.82, 2.24) is 14.5 Å². The lowest BCUT2D eigenvalue weighted by Gasteiger charge is -2.29. The van der Waals surface area contributed by atoms with Crippen molar-refractivity contribution in [1.29, 1.82) is 0 Å². The summed E-state index contributed by atoms with van der Waals surface area (Å²) in [4.78, 5) is 11.9. The molecule has 18 heavy (non-hydrogen) atoms. The van der Waals surface area contributed by atoms with Gasteiger partial charge < -0.3 is 5.32 Å². The highest BCUT2D eigenvalue weighted by atomic mass is 32.2. The molecule has 1 amide bonds. The quantitative estimate of drug-likeness (QED) is 0.811. The molecule has 0 radical (unpaired) electrons. The Bertz CT molecular complexity index is 503. The highest BCUT2D eigenvalue weighted by Gasteiger charge is 2.28. The Morgan fingerprint density at radius 1 is 1.50 bits per heavy atom. The Morgan fingerprint density at radius 2 is 2.17 bits per heavy atom. The lowest BCUT2D eigenvalue weighted by atomic mass is 9.97. The van der Waals surface area contributed by atoms with E-state index >= 15 is 0 Å². The Labute approximate surface area is 106 Å². The van der Waals surface area contributed by atoms with Crippen LogP contribution in [0.4, 0.5) is 5.82 Å². The zero-order valence-corrected chi connectivity index (χ0v) is 10.9. The van der Waals surface area contributed by atoms with Gasteiger partial charge in [0.1, 0.15) is 5.82 Å². The van der Waals surface area contributed by atoms with E-state index in [4.69, 9.17) is 0 Å². The van der Waals surface area contributed by atoms with Gasteiger partial charge in [0.2, 0.25) is 15.9 Å². The third-order valence-corrected chi connectivity index (χ3v) is 4.36. The number of aromatic amines is 1. The third-order valence-electron chi connectivity index (χ3n) is 3.05. The molecule has 0 spiro atoms. The lowest BCUT2D eigenvalue weighted by molar-refractivity contribution is -0.120. The van der Waals surface area contributed by atoms with Crippen LogP contribution in [-0.4, -0.2) is 48.2 Å². The maximum atomic E-state index is 11.9. The van der Waals surface area contributed by atoms with Gasteiger partial charge >= 0.3 is 0 Å². The van der Waals surface area contributed by atoms with Gasteiger partial charge in [-0.2, -0.15) is 5.10 Å². The van der Waals surface area contributed by atoms with Crippen LogP contribution in [0.5, 0.6) is 0 Å². The summed E-state index contributed by atoms with van der Waals surface area (Å²) in [6, 6.07) is 1.67. The van der Waals surface area contributed by atoms with Gasteiger partial charge in [0.25, 0.3) is 0 Å². The summed E-state index contributed by atoms with van der Waals surface area (Å²) in [6.45, 7) is 0.805. The first-order valence-electron chi connectivity index (χ1n) is 5.72.